The standard InChI is InChI=1S/C11H21N5OS/c1-7(2)9(13-3)6-18-11-8(10(17)15-11)4-5-14-16-12/h8,11,14,16H,3-6,12H2,1-2H3,(H,15,17)/t8?,11-/m1/s1. The molecule has 1 saturated heterocycles. The Hall–Kier alpha value is -0.890. The van der Waals surface area contributed by atoms with Crippen molar-refractivity contribution in [2.45, 2.75) is 25.6 Å². The fraction of sp³-hybridized carbons (Fsp3) is 0.636. The molecule has 18 heavy (non-hydrogen) atoms. The number of carbonyl (C=O) groups is 1. The molecule has 1 aliphatic heterocycles. The molecule has 102 valence electrons. The van der Waals surface area contributed by atoms with Gasteiger partial charge in [-0.3, -0.25) is 15.6 Å². The minimum atomic E-state index is 0.0408. The van der Waals surface area contributed by atoms with Crippen molar-refractivity contribution in [1.82, 2.24) is 16.3 Å². The number of thioether (sulfide) groups is 1. The van der Waals surface area contributed by atoms with Gasteiger partial charge in [-0.1, -0.05) is 5.57 Å². The molecule has 0 bridgehead atoms. The van der Waals surface area contributed by atoms with Gasteiger partial charge >= 0.3 is 0 Å². The summed E-state index contributed by atoms with van der Waals surface area (Å²) in [5.74, 6) is 6.02. The van der Waals surface area contributed by atoms with Crippen LogP contribution in [0.4, 0.5) is 0 Å². The van der Waals surface area contributed by atoms with Gasteiger partial charge in [-0.2, -0.15) is 5.53 Å². The third kappa shape index (κ3) is 4.09. The second kappa shape index (κ2) is 7.52. The Kier molecular flexibility index (Phi) is 6.34. The fourth-order valence-corrected chi connectivity index (χ4v) is 3.05. The molecule has 2 atom stereocenters. The van der Waals surface area contributed by atoms with Gasteiger partial charge in [-0.15, -0.1) is 11.8 Å². The zero-order valence-corrected chi connectivity index (χ0v) is 11.6. The number of amides is 1. The number of carbonyl (C=O) groups excluding carboxylic acids is 1. The lowest BCUT2D eigenvalue weighted by Gasteiger charge is -2.36. The lowest BCUT2D eigenvalue weighted by molar-refractivity contribution is -0.132. The van der Waals surface area contributed by atoms with Crippen molar-refractivity contribution >= 4 is 24.4 Å². The predicted molar refractivity (Wildman–Crippen MR) is 75.7 cm³/mol. The molecule has 0 aromatic carbocycles. The van der Waals surface area contributed by atoms with E-state index in [-0.39, 0.29) is 17.2 Å². The smallest absolute Gasteiger partial charge is 0.227 e. The number of hydrazine groups is 2. The normalized spacial score (nSPS) is 22.1. The summed E-state index contributed by atoms with van der Waals surface area (Å²) in [7, 11) is 0. The molecule has 1 heterocycles. The number of allylic oxidation sites excluding steroid dienone is 1. The summed E-state index contributed by atoms with van der Waals surface area (Å²) in [4.78, 5) is 15.4. The first-order valence-electron chi connectivity index (χ1n) is 5.83. The first kappa shape index (κ1) is 15.2. The zero-order chi connectivity index (χ0) is 13.5. The number of nitrogens with one attached hydrogen (secondary N) is 3. The first-order chi connectivity index (χ1) is 8.60. The lowest BCUT2D eigenvalue weighted by Crippen LogP contribution is -2.57. The molecule has 1 unspecified atom stereocenters. The van der Waals surface area contributed by atoms with E-state index in [0.29, 0.717) is 6.54 Å². The third-order valence-corrected chi connectivity index (χ3v) is 4.08. The monoisotopic (exact) mass is 271 g/mol. The van der Waals surface area contributed by atoms with E-state index in [4.69, 9.17) is 5.84 Å². The molecule has 7 heteroatoms. The van der Waals surface area contributed by atoms with Crippen molar-refractivity contribution in [3.63, 3.8) is 0 Å². The molecule has 0 aromatic heterocycles. The van der Waals surface area contributed by atoms with Gasteiger partial charge in [0.25, 0.3) is 0 Å². The van der Waals surface area contributed by atoms with Crippen LogP contribution in [0.5, 0.6) is 0 Å². The van der Waals surface area contributed by atoms with Crippen molar-refractivity contribution < 1.29 is 4.79 Å². The summed E-state index contributed by atoms with van der Waals surface area (Å²) in [5, 5.41) is 3.06. The molecule has 0 aliphatic carbocycles. The molecule has 1 rings (SSSR count). The van der Waals surface area contributed by atoms with Crippen LogP contribution in [0.1, 0.15) is 20.3 Å². The number of hydrogen-bond acceptors (Lipinski definition) is 6. The minimum absolute atomic E-state index is 0.0408. The Morgan fingerprint density at radius 2 is 2.33 bits per heavy atom. The van der Waals surface area contributed by atoms with Gasteiger partial charge in [0.05, 0.1) is 11.3 Å². The molecule has 1 aliphatic rings. The number of nitrogens with zero attached hydrogens (tertiary/aromatic N) is 1. The van der Waals surface area contributed by atoms with Gasteiger partial charge < -0.3 is 5.32 Å². The van der Waals surface area contributed by atoms with Crippen LogP contribution in [0, 0.1) is 5.92 Å². The summed E-state index contributed by atoms with van der Waals surface area (Å²) >= 11 is 1.69. The van der Waals surface area contributed by atoms with Crippen molar-refractivity contribution in [3.05, 3.63) is 11.3 Å². The van der Waals surface area contributed by atoms with Crippen molar-refractivity contribution in [3.8, 4) is 0 Å². The quantitative estimate of drug-likeness (QED) is 0.166. The number of rotatable bonds is 8. The van der Waals surface area contributed by atoms with Crippen LogP contribution in [-0.4, -0.2) is 30.3 Å². The van der Waals surface area contributed by atoms with Crippen LogP contribution in [0.3, 0.4) is 0 Å². The first-order valence-corrected chi connectivity index (χ1v) is 6.88. The SMILES string of the molecule is C=NC(CS[C@H]1NC(=O)C1CCNNN)=C(C)C. The average Bonchev–Trinajstić information content (AvgIpc) is 2.33. The molecular formula is C11H21N5OS. The predicted octanol–water partition coefficient (Wildman–Crippen LogP) is 0.144. The number of hydrogen-bond donors (Lipinski definition) is 4. The Labute approximate surface area is 112 Å². The van der Waals surface area contributed by atoms with E-state index in [0.717, 1.165) is 23.4 Å². The molecule has 5 N–H and O–H groups in total. The van der Waals surface area contributed by atoms with Gasteiger partial charge in [-0.25, -0.2) is 5.43 Å². The van der Waals surface area contributed by atoms with E-state index in [1.165, 1.54) is 0 Å². The Bertz CT molecular complexity index is 340. The van der Waals surface area contributed by atoms with E-state index in [1.54, 1.807) is 11.8 Å². The van der Waals surface area contributed by atoms with Crippen molar-refractivity contribution in [2.24, 2.45) is 16.8 Å². The van der Waals surface area contributed by atoms with Crippen molar-refractivity contribution in [1.29, 1.82) is 0 Å². The summed E-state index contributed by atoms with van der Waals surface area (Å²) < 4.78 is 0. The van der Waals surface area contributed by atoms with E-state index < -0.39 is 0 Å². The summed E-state index contributed by atoms with van der Waals surface area (Å²) in [6, 6.07) is 0. The maximum Gasteiger partial charge on any atom is 0.227 e. The highest BCUT2D eigenvalue weighted by atomic mass is 32.2. The molecule has 0 radical (unpaired) electrons. The van der Waals surface area contributed by atoms with Gasteiger partial charge in [0, 0.05) is 18.0 Å². The Morgan fingerprint density at radius 3 is 2.83 bits per heavy atom. The topological polar surface area (TPSA) is 91.5 Å². The maximum atomic E-state index is 11.4. The van der Waals surface area contributed by atoms with Gasteiger partial charge in [0.1, 0.15) is 0 Å². The van der Waals surface area contributed by atoms with Crippen LogP contribution in [0.2, 0.25) is 0 Å². The Balaban J connectivity index is 2.36. The summed E-state index contributed by atoms with van der Waals surface area (Å²) in [6.07, 6.45) is 0.763. The molecule has 1 amide bonds. The number of nitrogens with two attached hydrogens (primary N) is 1. The largest absolute Gasteiger partial charge is 0.343 e. The highest BCUT2D eigenvalue weighted by Gasteiger charge is 2.38. The third-order valence-electron chi connectivity index (χ3n) is 2.84. The second-order valence-electron chi connectivity index (χ2n) is 4.31. The molecule has 0 spiro atoms. The van der Waals surface area contributed by atoms with E-state index >= 15 is 0 Å². The lowest BCUT2D eigenvalue weighted by atomic mass is 9.98. The number of aliphatic imine (C=N–C) groups is 1. The average molecular weight is 271 g/mol. The molecule has 0 saturated carbocycles. The number of β-lactam (4-membered cyclic amide) rings is 1. The highest BCUT2D eigenvalue weighted by Crippen LogP contribution is 2.29. The Morgan fingerprint density at radius 1 is 1.61 bits per heavy atom. The van der Waals surface area contributed by atoms with Crippen LogP contribution in [-0.2, 0) is 4.79 Å². The van der Waals surface area contributed by atoms with E-state index in [1.807, 2.05) is 13.8 Å². The van der Waals surface area contributed by atoms with Crippen LogP contribution in [0.25, 0.3) is 0 Å². The zero-order valence-electron chi connectivity index (χ0n) is 10.8. The highest BCUT2D eigenvalue weighted by molar-refractivity contribution is 8.00. The second-order valence-corrected chi connectivity index (χ2v) is 5.44. The maximum absolute atomic E-state index is 11.4. The molecule has 6 nitrogen and oxygen atoms in total. The van der Waals surface area contributed by atoms with Crippen LogP contribution >= 0.6 is 11.8 Å². The van der Waals surface area contributed by atoms with Gasteiger partial charge in [0.2, 0.25) is 5.91 Å². The molecular weight excluding hydrogens is 250 g/mol. The van der Waals surface area contributed by atoms with Gasteiger partial charge in [-0.05, 0) is 27.0 Å². The van der Waals surface area contributed by atoms with Crippen molar-refractivity contribution in [2.75, 3.05) is 12.3 Å². The summed E-state index contributed by atoms with van der Waals surface area (Å²) in [6.45, 7) is 8.25. The van der Waals surface area contributed by atoms with Crippen LogP contribution in [0.15, 0.2) is 16.3 Å². The minimum Gasteiger partial charge on any atom is -0.343 e. The van der Waals surface area contributed by atoms with E-state index in [2.05, 4.69) is 28.0 Å². The molecule has 1 fully saturated rings. The van der Waals surface area contributed by atoms with Gasteiger partial charge in [0.15, 0.2) is 0 Å². The van der Waals surface area contributed by atoms with Crippen LogP contribution < -0.4 is 22.1 Å². The van der Waals surface area contributed by atoms with E-state index in [9.17, 15) is 4.79 Å². The fourth-order valence-electron chi connectivity index (χ4n) is 1.65. The summed E-state index contributed by atoms with van der Waals surface area (Å²) in [5.41, 5.74) is 7.29. The molecule has 0 aromatic rings.